The Bertz CT molecular complexity index is 281. The zero-order valence-electron chi connectivity index (χ0n) is 11.4. The maximum atomic E-state index is 12.0. The molecule has 0 saturated carbocycles. The van der Waals surface area contributed by atoms with E-state index in [1.165, 1.54) is 6.42 Å². The third-order valence-electron chi connectivity index (χ3n) is 3.36. The van der Waals surface area contributed by atoms with Crippen LogP contribution >= 0.6 is 0 Å². The quantitative estimate of drug-likeness (QED) is 0.568. The SMILES string of the molecule is CCC1CCCCN1C(=O)CC(=O)NCCOC. The van der Waals surface area contributed by atoms with E-state index in [-0.39, 0.29) is 18.2 Å². The molecule has 0 aliphatic carbocycles. The van der Waals surface area contributed by atoms with Crippen LogP contribution in [0.2, 0.25) is 0 Å². The first-order valence-electron chi connectivity index (χ1n) is 6.74. The molecule has 1 aliphatic rings. The van der Waals surface area contributed by atoms with Crippen LogP contribution in [0.3, 0.4) is 0 Å². The van der Waals surface area contributed by atoms with Crippen LogP contribution in [0.15, 0.2) is 0 Å². The van der Waals surface area contributed by atoms with E-state index in [2.05, 4.69) is 12.2 Å². The first kappa shape index (κ1) is 15.0. The van der Waals surface area contributed by atoms with Crippen molar-refractivity contribution in [2.75, 3.05) is 26.8 Å². The summed E-state index contributed by atoms with van der Waals surface area (Å²) in [6.07, 6.45) is 4.22. The fourth-order valence-corrected chi connectivity index (χ4v) is 2.35. The molecule has 1 aliphatic heterocycles. The van der Waals surface area contributed by atoms with Crippen LogP contribution in [0.1, 0.15) is 39.0 Å². The van der Waals surface area contributed by atoms with Gasteiger partial charge in [0.25, 0.3) is 0 Å². The number of carbonyl (C=O) groups is 2. The number of hydrogen-bond acceptors (Lipinski definition) is 3. The zero-order chi connectivity index (χ0) is 13.4. The molecule has 1 rings (SSSR count). The van der Waals surface area contributed by atoms with Gasteiger partial charge in [0, 0.05) is 26.2 Å². The third-order valence-corrected chi connectivity index (χ3v) is 3.36. The summed E-state index contributed by atoms with van der Waals surface area (Å²) in [7, 11) is 1.58. The lowest BCUT2D eigenvalue weighted by Gasteiger charge is -2.35. The van der Waals surface area contributed by atoms with E-state index in [4.69, 9.17) is 4.74 Å². The summed E-state index contributed by atoms with van der Waals surface area (Å²) in [5.74, 6) is -0.256. The van der Waals surface area contributed by atoms with Gasteiger partial charge in [-0.2, -0.15) is 0 Å². The molecule has 104 valence electrons. The molecule has 0 bridgehead atoms. The molecule has 1 atom stereocenters. The molecule has 5 heteroatoms. The van der Waals surface area contributed by atoms with E-state index in [9.17, 15) is 9.59 Å². The Balaban J connectivity index is 2.36. The lowest BCUT2D eigenvalue weighted by molar-refractivity contribution is -0.139. The van der Waals surface area contributed by atoms with Crippen molar-refractivity contribution < 1.29 is 14.3 Å². The predicted molar refractivity (Wildman–Crippen MR) is 69.1 cm³/mol. The lowest BCUT2D eigenvalue weighted by atomic mass is 9.99. The molecule has 1 fully saturated rings. The van der Waals surface area contributed by atoms with E-state index >= 15 is 0 Å². The second-order valence-electron chi connectivity index (χ2n) is 4.66. The fraction of sp³-hybridized carbons (Fsp3) is 0.846. The number of nitrogens with one attached hydrogen (secondary N) is 1. The van der Waals surface area contributed by atoms with Gasteiger partial charge in [-0.15, -0.1) is 0 Å². The molecule has 0 aromatic carbocycles. The number of hydrogen-bond donors (Lipinski definition) is 1. The molecular formula is C13H24N2O3. The Morgan fingerprint density at radius 2 is 2.17 bits per heavy atom. The lowest BCUT2D eigenvalue weighted by Crippen LogP contribution is -2.45. The van der Waals surface area contributed by atoms with Crippen molar-refractivity contribution in [1.82, 2.24) is 10.2 Å². The van der Waals surface area contributed by atoms with E-state index in [1.807, 2.05) is 4.90 Å². The van der Waals surface area contributed by atoms with Gasteiger partial charge in [0.15, 0.2) is 0 Å². The molecule has 1 heterocycles. The molecule has 5 nitrogen and oxygen atoms in total. The van der Waals surface area contributed by atoms with Gasteiger partial charge in [0.2, 0.25) is 11.8 Å². The molecule has 0 radical (unpaired) electrons. The Morgan fingerprint density at radius 1 is 1.39 bits per heavy atom. The number of rotatable bonds is 6. The summed E-state index contributed by atoms with van der Waals surface area (Å²) in [5.41, 5.74) is 0. The van der Waals surface area contributed by atoms with Crippen LogP contribution in [-0.4, -0.2) is 49.6 Å². The average Bonchev–Trinajstić information content (AvgIpc) is 2.39. The molecule has 2 amide bonds. The summed E-state index contributed by atoms with van der Waals surface area (Å²) in [5, 5.41) is 2.67. The maximum Gasteiger partial charge on any atom is 0.232 e. The molecule has 0 aromatic rings. The number of ether oxygens (including phenoxy) is 1. The van der Waals surface area contributed by atoms with Crippen molar-refractivity contribution in [2.45, 2.75) is 45.1 Å². The second-order valence-corrected chi connectivity index (χ2v) is 4.66. The zero-order valence-corrected chi connectivity index (χ0v) is 11.4. The van der Waals surface area contributed by atoms with Crippen LogP contribution in [0.4, 0.5) is 0 Å². The Morgan fingerprint density at radius 3 is 2.83 bits per heavy atom. The topological polar surface area (TPSA) is 58.6 Å². The van der Waals surface area contributed by atoms with Crippen LogP contribution in [0.5, 0.6) is 0 Å². The van der Waals surface area contributed by atoms with E-state index < -0.39 is 0 Å². The maximum absolute atomic E-state index is 12.0. The molecule has 1 saturated heterocycles. The predicted octanol–water partition coefficient (Wildman–Crippen LogP) is 0.930. The van der Waals surface area contributed by atoms with Crippen LogP contribution < -0.4 is 5.32 Å². The number of piperidine rings is 1. The third kappa shape index (κ3) is 4.64. The van der Waals surface area contributed by atoms with Crippen molar-refractivity contribution >= 4 is 11.8 Å². The van der Waals surface area contributed by atoms with Crippen LogP contribution in [0.25, 0.3) is 0 Å². The number of likely N-dealkylation sites (tertiary alicyclic amines) is 1. The van der Waals surface area contributed by atoms with Crippen molar-refractivity contribution in [3.8, 4) is 0 Å². The standard InChI is InChI=1S/C13H24N2O3/c1-3-11-6-4-5-8-15(11)13(17)10-12(16)14-7-9-18-2/h11H,3-10H2,1-2H3,(H,14,16). The number of carbonyl (C=O) groups excluding carboxylic acids is 2. The molecule has 0 aromatic heterocycles. The van der Waals surface area contributed by atoms with Crippen molar-refractivity contribution in [3.05, 3.63) is 0 Å². The summed E-state index contributed by atoms with van der Waals surface area (Å²) < 4.78 is 4.84. The smallest absolute Gasteiger partial charge is 0.232 e. The van der Waals surface area contributed by atoms with Gasteiger partial charge in [0.05, 0.1) is 6.61 Å². The van der Waals surface area contributed by atoms with Gasteiger partial charge >= 0.3 is 0 Å². The van der Waals surface area contributed by atoms with Crippen LogP contribution in [0, 0.1) is 0 Å². The summed E-state index contributed by atoms with van der Waals surface area (Å²) in [6.45, 7) is 3.82. The Kier molecular flexibility index (Phi) is 6.72. The molecular weight excluding hydrogens is 232 g/mol. The monoisotopic (exact) mass is 256 g/mol. The number of nitrogens with zero attached hydrogens (tertiary/aromatic N) is 1. The summed E-state index contributed by atoms with van der Waals surface area (Å²) >= 11 is 0. The normalized spacial score (nSPS) is 19.7. The molecule has 1 N–H and O–H groups in total. The minimum Gasteiger partial charge on any atom is -0.383 e. The van der Waals surface area contributed by atoms with Crippen molar-refractivity contribution in [2.24, 2.45) is 0 Å². The van der Waals surface area contributed by atoms with E-state index in [0.717, 1.165) is 25.8 Å². The minimum absolute atomic E-state index is 0.0415. The highest BCUT2D eigenvalue weighted by Gasteiger charge is 2.26. The van der Waals surface area contributed by atoms with Gasteiger partial charge in [-0.1, -0.05) is 6.92 Å². The van der Waals surface area contributed by atoms with Crippen LogP contribution in [-0.2, 0) is 14.3 Å². The van der Waals surface area contributed by atoms with E-state index in [0.29, 0.717) is 19.2 Å². The van der Waals surface area contributed by atoms with Crippen molar-refractivity contribution in [3.63, 3.8) is 0 Å². The second kappa shape index (κ2) is 8.08. The molecule has 18 heavy (non-hydrogen) atoms. The van der Waals surface area contributed by atoms with Crippen molar-refractivity contribution in [1.29, 1.82) is 0 Å². The fourth-order valence-electron chi connectivity index (χ4n) is 2.35. The molecule has 1 unspecified atom stereocenters. The summed E-state index contributed by atoms with van der Waals surface area (Å²) in [4.78, 5) is 25.5. The first-order chi connectivity index (χ1) is 8.69. The van der Waals surface area contributed by atoms with E-state index in [1.54, 1.807) is 7.11 Å². The highest BCUT2D eigenvalue weighted by atomic mass is 16.5. The van der Waals surface area contributed by atoms with Gasteiger partial charge < -0.3 is 15.0 Å². The highest BCUT2D eigenvalue weighted by molar-refractivity contribution is 5.97. The Hall–Kier alpha value is -1.10. The van der Waals surface area contributed by atoms with Gasteiger partial charge in [-0.3, -0.25) is 9.59 Å². The number of amides is 2. The number of methoxy groups -OCH3 is 1. The largest absolute Gasteiger partial charge is 0.383 e. The first-order valence-corrected chi connectivity index (χ1v) is 6.74. The average molecular weight is 256 g/mol. The minimum atomic E-state index is -0.211. The summed E-state index contributed by atoms with van der Waals surface area (Å²) in [6, 6.07) is 0.318. The highest BCUT2D eigenvalue weighted by Crippen LogP contribution is 2.20. The van der Waals surface area contributed by atoms with Gasteiger partial charge in [-0.05, 0) is 25.7 Å². The van der Waals surface area contributed by atoms with Gasteiger partial charge in [0.1, 0.15) is 6.42 Å². The van der Waals surface area contributed by atoms with Gasteiger partial charge in [-0.25, -0.2) is 0 Å². The Labute approximate surface area is 109 Å². The molecule has 0 spiro atoms.